The largest absolute Gasteiger partial charge is 0.416 e. The Bertz CT molecular complexity index is 329. The number of hydrogen-bond donors (Lipinski definition) is 0. The Morgan fingerprint density at radius 2 is 1.79 bits per heavy atom. The first-order valence-corrected chi connectivity index (χ1v) is 4.04. The quantitative estimate of drug-likeness (QED) is 0.675. The van der Waals surface area contributed by atoms with Gasteiger partial charge in [-0.25, -0.2) is 0 Å². The van der Waals surface area contributed by atoms with Crippen molar-refractivity contribution >= 4 is 5.69 Å². The van der Waals surface area contributed by atoms with Gasteiger partial charge in [-0.3, -0.25) is 0 Å². The van der Waals surface area contributed by atoms with E-state index in [-0.39, 0.29) is 0 Å². The third kappa shape index (κ3) is 2.40. The van der Waals surface area contributed by atoms with Gasteiger partial charge in [0.2, 0.25) is 0 Å². The van der Waals surface area contributed by atoms with Crippen LogP contribution in [0.4, 0.5) is 18.9 Å². The third-order valence-electron chi connectivity index (χ3n) is 1.83. The Morgan fingerprint density at radius 3 is 2.21 bits per heavy atom. The molecule has 14 heavy (non-hydrogen) atoms. The van der Waals surface area contributed by atoms with Crippen LogP contribution in [0.3, 0.4) is 0 Å². The lowest BCUT2D eigenvalue weighted by molar-refractivity contribution is -0.137. The number of hydrogen-bond acceptors (Lipinski definition) is 1. The van der Waals surface area contributed by atoms with Crippen LogP contribution in [0, 0.1) is 14.0 Å². The Balaban J connectivity index is 3.21. The zero-order chi connectivity index (χ0) is 10.9. The zero-order valence-electron chi connectivity index (χ0n) is 8.02. The first-order valence-electron chi connectivity index (χ1n) is 4.04. The van der Waals surface area contributed by atoms with Crippen molar-refractivity contribution in [1.82, 2.24) is 0 Å². The van der Waals surface area contributed by atoms with Crippen LogP contribution in [-0.2, 0) is 6.18 Å². The molecule has 0 atom stereocenters. The van der Waals surface area contributed by atoms with Crippen molar-refractivity contribution in [1.29, 1.82) is 0 Å². The molecule has 0 N–H and O–H groups in total. The Morgan fingerprint density at radius 1 is 1.21 bits per heavy atom. The lowest BCUT2D eigenvalue weighted by Gasteiger charge is -2.15. The summed E-state index contributed by atoms with van der Waals surface area (Å²) >= 11 is 0. The fourth-order valence-electron chi connectivity index (χ4n) is 1.15. The van der Waals surface area contributed by atoms with Gasteiger partial charge in [0.25, 0.3) is 0 Å². The van der Waals surface area contributed by atoms with Gasteiger partial charge in [-0.2, -0.15) is 13.2 Å². The molecule has 0 unspecified atom stereocenters. The Hall–Kier alpha value is -1.19. The minimum absolute atomic E-state index is 0.456. The molecule has 1 aromatic rings. The highest BCUT2D eigenvalue weighted by Crippen LogP contribution is 2.32. The summed E-state index contributed by atoms with van der Waals surface area (Å²) in [5.74, 6) is 0. The predicted molar refractivity (Wildman–Crippen MR) is 49.9 cm³/mol. The van der Waals surface area contributed by atoms with E-state index in [2.05, 4.69) is 7.05 Å². The maximum absolute atomic E-state index is 12.4. The van der Waals surface area contributed by atoms with Crippen molar-refractivity contribution in [2.75, 3.05) is 11.9 Å². The van der Waals surface area contributed by atoms with Crippen LogP contribution in [0.1, 0.15) is 11.1 Å². The molecule has 0 amide bonds. The molecule has 1 radical (unpaired) electrons. The Kier molecular flexibility index (Phi) is 2.73. The molecule has 1 rings (SSSR count). The number of rotatable bonds is 1. The summed E-state index contributed by atoms with van der Waals surface area (Å²) in [6, 6.07) is 3.86. The van der Waals surface area contributed by atoms with Crippen molar-refractivity contribution in [3.8, 4) is 0 Å². The summed E-state index contributed by atoms with van der Waals surface area (Å²) in [4.78, 5) is 1.40. The molecule has 0 aliphatic rings. The lowest BCUT2D eigenvalue weighted by atomic mass is 10.1. The topological polar surface area (TPSA) is 3.24 Å². The standard InChI is InChI=1S/C10H11F3N/c1-7-4-8(10(11,12)13)6-9(5-7)14(2)3/h4-6H,2H2,1,3H3. The average molecular weight is 202 g/mol. The molecule has 0 saturated heterocycles. The van der Waals surface area contributed by atoms with Crippen molar-refractivity contribution < 1.29 is 13.2 Å². The van der Waals surface area contributed by atoms with Gasteiger partial charge in [0.15, 0.2) is 0 Å². The summed E-state index contributed by atoms with van der Waals surface area (Å²) in [6.45, 7) is 1.63. The highest BCUT2D eigenvalue weighted by atomic mass is 19.4. The van der Waals surface area contributed by atoms with E-state index in [1.54, 1.807) is 20.0 Å². The van der Waals surface area contributed by atoms with E-state index in [4.69, 9.17) is 0 Å². The molecule has 0 saturated carbocycles. The number of halogens is 3. The molecular formula is C10H11F3N. The van der Waals surface area contributed by atoms with E-state index in [1.807, 2.05) is 0 Å². The van der Waals surface area contributed by atoms with Crippen molar-refractivity contribution in [2.45, 2.75) is 13.1 Å². The first-order chi connectivity index (χ1) is 6.30. The van der Waals surface area contributed by atoms with E-state index in [0.717, 1.165) is 12.1 Å². The number of nitrogens with zero attached hydrogens (tertiary/aromatic N) is 1. The third-order valence-corrected chi connectivity index (χ3v) is 1.83. The van der Waals surface area contributed by atoms with E-state index in [0.29, 0.717) is 11.3 Å². The molecular weight excluding hydrogens is 191 g/mol. The second-order valence-electron chi connectivity index (χ2n) is 3.25. The van der Waals surface area contributed by atoms with Crippen LogP contribution in [0.5, 0.6) is 0 Å². The second-order valence-corrected chi connectivity index (χ2v) is 3.25. The van der Waals surface area contributed by atoms with Crippen molar-refractivity contribution in [2.24, 2.45) is 0 Å². The van der Waals surface area contributed by atoms with Gasteiger partial charge >= 0.3 is 6.18 Å². The number of benzene rings is 1. The van der Waals surface area contributed by atoms with Gasteiger partial charge in [0.1, 0.15) is 0 Å². The molecule has 1 nitrogen and oxygen atoms in total. The van der Waals surface area contributed by atoms with Crippen molar-refractivity contribution in [3.63, 3.8) is 0 Å². The van der Waals surface area contributed by atoms with E-state index >= 15 is 0 Å². The monoisotopic (exact) mass is 202 g/mol. The number of aryl methyl sites for hydroxylation is 1. The van der Waals surface area contributed by atoms with Crippen LogP contribution < -0.4 is 4.90 Å². The van der Waals surface area contributed by atoms with Crippen LogP contribution in [0.15, 0.2) is 18.2 Å². The molecule has 1 aromatic carbocycles. The van der Waals surface area contributed by atoms with E-state index in [9.17, 15) is 13.2 Å². The first kappa shape index (κ1) is 10.9. The molecule has 0 aromatic heterocycles. The van der Waals surface area contributed by atoms with Crippen LogP contribution >= 0.6 is 0 Å². The molecule has 0 aliphatic carbocycles. The minimum atomic E-state index is -4.29. The summed E-state index contributed by atoms with van der Waals surface area (Å²) in [7, 11) is 5.15. The minimum Gasteiger partial charge on any atom is -0.373 e. The lowest BCUT2D eigenvalue weighted by Crippen LogP contribution is -2.10. The molecule has 0 fully saturated rings. The van der Waals surface area contributed by atoms with Gasteiger partial charge in [0.05, 0.1) is 5.56 Å². The zero-order valence-corrected chi connectivity index (χ0v) is 8.02. The summed E-state index contributed by atoms with van der Waals surface area (Å²) in [5, 5.41) is 0. The van der Waals surface area contributed by atoms with Gasteiger partial charge in [-0.05, 0) is 30.7 Å². The maximum atomic E-state index is 12.4. The van der Waals surface area contributed by atoms with Gasteiger partial charge < -0.3 is 4.90 Å². The van der Waals surface area contributed by atoms with E-state index < -0.39 is 11.7 Å². The summed E-state index contributed by atoms with van der Waals surface area (Å²) < 4.78 is 37.1. The predicted octanol–water partition coefficient (Wildman–Crippen LogP) is 3.24. The SMILES string of the molecule is [CH2]N(C)c1cc(C)cc(C(F)(F)F)c1. The normalized spacial score (nSPS) is 11.6. The smallest absolute Gasteiger partial charge is 0.373 e. The van der Waals surface area contributed by atoms with Crippen LogP contribution in [0.2, 0.25) is 0 Å². The number of alkyl halides is 3. The number of anilines is 1. The fourth-order valence-corrected chi connectivity index (χ4v) is 1.15. The van der Waals surface area contributed by atoms with Gasteiger partial charge in [0, 0.05) is 19.8 Å². The van der Waals surface area contributed by atoms with Crippen LogP contribution in [0.25, 0.3) is 0 Å². The Labute approximate surface area is 81.1 Å². The van der Waals surface area contributed by atoms with Crippen LogP contribution in [-0.4, -0.2) is 7.05 Å². The fraction of sp³-hybridized carbons (Fsp3) is 0.300. The van der Waals surface area contributed by atoms with Crippen molar-refractivity contribution in [3.05, 3.63) is 36.4 Å². The molecule has 0 heterocycles. The maximum Gasteiger partial charge on any atom is 0.416 e. The highest BCUT2D eigenvalue weighted by Gasteiger charge is 2.30. The molecule has 77 valence electrons. The highest BCUT2D eigenvalue weighted by molar-refractivity contribution is 5.51. The van der Waals surface area contributed by atoms with Gasteiger partial charge in [-0.15, -0.1) is 0 Å². The summed E-state index contributed by atoms with van der Waals surface area (Å²) in [5.41, 5.74) is 0.394. The molecule has 0 aliphatic heterocycles. The second kappa shape index (κ2) is 3.52. The molecule has 4 heteroatoms. The molecule has 0 spiro atoms. The molecule has 0 bridgehead atoms. The average Bonchev–Trinajstić information content (AvgIpc) is 2.01. The summed E-state index contributed by atoms with van der Waals surface area (Å²) in [6.07, 6.45) is -4.29. The van der Waals surface area contributed by atoms with Gasteiger partial charge in [-0.1, -0.05) is 0 Å². The van der Waals surface area contributed by atoms with E-state index in [1.165, 1.54) is 4.90 Å².